The van der Waals surface area contributed by atoms with Crippen LogP contribution in [0.25, 0.3) is 0 Å². The van der Waals surface area contributed by atoms with Crippen LogP contribution < -0.4 is 5.73 Å². The predicted octanol–water partition coefficient (Wildman–Crippen LogP) is 1.85. The first kappa shape index (κ1) is 12.5. The maximum atomic E-state index is 5.46. The number of hydrogen-bond donors (Lipinski definition) is 1. The molecular formula is C13H24N2. The minimum Gasteiger partial charge on any atom is -0.330 e. The van der Waals surface area contributed by atoms with Crippen LogP contribution in [0.5, 0.6) is 0 Å². The summed E-state index contributed by atoms with van der Waals surface area (Å²) in [6.07, 6.45) is 13.2. The lowest BCUT2D eigenvalue weighted by Gasteiger charge is -2.19. The Labute approximate surface area is 94.2 Å². The van der Waals surface area contributed by atoms with Crippen molar-refractivity contribution in [1.82, 2.24) is 4.90 Å². The SMILES string of the molecule is C#CCN(CCCCCCN)CC1CC1. The standard InChI is InChI=1S/C13H24N2/c1-2-10-15(12-13-7-8-13)11-6-4-3-5-9-14/h1,13H,3-12,14H2. The van der Waals surface area contributed by atoms with Gasteiger partial charge in [-0.15, -0.1) is 6.42 Å². The lowest BCUT2D eigenvalue weighted by atomic mass is 10.2. The van der Waals surface area contributed by atoms with Crippen molar-refractivity contribution in [1.29, 1.82) is 0 Å². The third-order valence-corrected chi connectivity index (χ3v) is 2.96. The molecular weight excluding hydrogens is 184 g/mol. The van der Waals surface area contributed by atoms with Gasteiger partial charge < -0.3 is 5.73 Å². The zero-order valence-electron chi connectivity index (χ0n) is 9.75. The topological polar surface area (TPSA) is 29.3 Å². The number of nitrogens with two attached hydrogens (primary N) is 1. The Morgan fingerprint density at radius 2 is 1.93 bits per heavy atom. The molecule has 0 aliphatic heterocycles. The molecule has 0 saturated heterocycles. The Kier molecular flexibility index (Phi) is 6.47. The normalized spacial score (nSPS) is 15.5. The molecule has 1 rings (SSSR count). The molecule has 1 saturated carbocycles. The molecule has 0 aromatic carbocycles. The lowest BCUT2D eigenvalue weighted by Crippen LogP contribution is -2.27. The van der Waals surface area contributed by atoms with Crippen LogP contribution in [0.4, 0.5) is 0 Å². The summed E-state index contributed by atoms with van der Waals surface area (Å²) < 4.78 is 0. The average Bonchev–Trinajstić information content (AvgIpc) is 3.01. The zero-order chi connectivity index (χ0) is 10.9. The molecule has 86 valence electrons. The smallest absolute Gasteiger partial charge is 0.0599 e. The quantitative estimate of drug-likeness (QED) is 0.463. The summed E-state index contributed by atoms with van der Waals surface area (Å²) >= 11 is 0. The van der Waals surface area contributed by atoms with Gasteiger partial charge in [0.2, 0.25) is 0 Å². The lowest BCUT2D eigenvalue weighted by molar-refractivity contribution is 0.287. The molecule has 0 unspecified atom stereocenters. The van der Waals surface area contributed by atoms with E-state index in [0.29, 0.717) is 0 Å². The van der Waals surface area contributed by atoms with Crippen LogP contribution in [0.15, 0.2) is 0 Å². The Bertz CT molecular complexity index is 191. The molecule has 0 aromatic rings. The molecule has 1 aliphatic carbocycles. The van der Waals surface area contributed by atoms with Crippen LogP contribution in [0.2, 0.25) is 0 Å². The molecule has 15 heavy (non-hydrogen) atoms. The van der Waals surface area contributed by atoms with Gasteiger partial charge in [-0.2, -0.15) is 0 Å². The molecule has 2 heteroatoms. The molecule has 1 aliphatic rings. The van der Waals surface area contributed by atoms with Crippen molar-refractivity contribution in [2.24, 2.45) is 11.7 Å². The van der Waals surface area contributed by atoms with E-state index < -0.39 is 0 Å². The first-order valence-corrected chi connectivity index (χ1v) is 6.22. The molecule has 0 bridgehead atoms. The van der Waals surface area contributed by atoms with Gasteiger partial charge in [0.1, 0.15) is 0 Å². The summed E-state index contributed by atoms with van der Waals surface area (Å²) in [5, 5.41) is 0. The molecule has 2 nitrogen and oxygen atoms in total. The van der Waals surface area contributed by atoms with Gasteiger partial charge in [0, 0.05) is 6.54 Å². The average molecular weight is 208 g/mol. The summed E-state index contributed by atoms with van der Waals surface area (Å²) in [6, 6.07) is 0. The number of terminal acetylenes is 1. The Balaban J connectivity index is 2.00. The maximum Gasteiger partial charge on any atom is 0.0599 e. The zero-order valence-corrected chi connectivity index (χ0v) is 9.75. The van der Waals surface area contributed by atoms with Crippen molar-refractivity contribution in [3.05, 3.63) is 0 Å². The molecule has 0 heterocycles. The molecule has 0 atom stereocenters. The number of nitrogens with zero attached hydrogens (tertiary/aromatic N) is 1. The largest absolute Gasteiger partial charge is 0.330 e. The van der Waals surface area contributed by atoms with Crippen LogP contribution in [0.3, 0.4) is 0 Å². The second-order valence-electron chi connectivity index (χ2n) is 4.59. The highest BCUT2D eigenvalue weighted by atomic mass is 15.1. The van der Waals surface area contributed by atoms with E-state index in [-0.39, 0.29) is 0 Å². The van der Waals surface area contributed by atoms with Crippen LogP contribution in [-0.4, -0.2) is 31.1 Å². The van der Waals surface area contributed by atoms with Crippen molar-refractivity contribution in [2.45, 2.75) is 38.5 Å². The third kappa shape index (κ3) is 6.54. The minimum absolute atomic E-state index is 0.827. The summed E-state index contributed by atoms with van der Waals surface area (Å²) in [6.45, 7) is 4.05. The fourth-order valence-corrected chi connectivity index (χ4v) is 1.86. The fraction of sp³-hybridized carbons (Fsp3) is 0.846. The van der Waals surface area contributed by atoms with E-state index in [1.54, 1.807) is 0 Å². The minimum atomic E-state index is 0.827. The Morgan fingerprint density at radius 3 is 2.53 bits per heavy atom. The van der Waals surface area contributed by atoms with Crippen molar-refractivity contribution >= 4 is 0 Å². The van der Waals surface area contributed by atoms with E-state index in [0.717, 1.165) is 25.4 Å². The van der Waals surface area contributed by atoms with Crippen molar-refractivity contribution in [3.8, 4) is 12.3 Å². The van der Waals surface area contributed by atoms with E-state index in [1.165, 1.54) is 45.2 Å². The third-order valence-electron chi connectivity index (χ3n) is 2.96. The van der Waals surface area contributed by atoms with Crippen LogP contribution in [0, 0.1) is 18.3 Å². The Hall–Kier alpha value is -0.520. The maximum absolute atomic E-state index is 5.46. The molecule has 1 fully saturated rings. The number of rotatable bonds is 9. The highest BCUT2D eigenvalue weighted by Crippen LogP contribution is 2.29. The van der Waals surface area contributed by atoms with Crippen LogP contribution in [0.1, 0.15) is 38.5 Å². The van der Waals surface area contributed by atoms with E-state index in [9.17, 15) is 0 Å². The molecule has 0 radical (unpaired) electrons. The van der Waals surface area contributed by atoms with Crippen molar-refractivity contribution in [3.63, 3.8) is 0 Å². The van der Waals surface area contributed by atoms with Gasteiger partial charge in [0.05, 0.1) is 6.54 Å². The van der Waals surface area contributed by atoms with Crippen LogP contribution in [-0.2, 0) is 0 Å². The van der Waals surface area contributed by atoms with Gasteiger partial charge in [-0.3, -0.25) is 4.90 Å². The van der Waals surface area contributed by atoms with E-state index in [2.05, 4.69) is 10.8 Å². The number of hydrogen-bond acceptors (Lipinski definition) is 2. The predicted molar refractivity (Wildman–Crippen MR) is 65.5 cm³/mol. The van der Waals surface area contributed by atoms with Gasteiger partial charge in [0.15, 0.2) is 0 Å². The second kappa shape index (κ2) is 7.73. The summed E-state index contributed by atoms with van der Waals surface area (Å²) in [7, 11) is 0. The first-order valence-electron chi connectivity index (χ1n) is 6.22. The van der Waals surface area contributed by atoms with Crippen LogP contribution >= 0.6 is 0 Å². The van der Waals surface area contributed by atoms with E-state index in [4.69, 9.17) is 12.2 Å². The van der Waals surface area contributed by atoms with E-state index >= 15 is 0 Å². The van der Waals surface area contributed by atoms with Gasteiger partial charge in [-0.1, -0.05) is 18.8 Å². The Morgan fingerprint density at radius 1 is 1.20 bits per heavy atom. The van der Waals surface area contributed by atoms with Crippen molar-refractivity contribution < 1.29 is 0 Å². The second-order valence-corrected chi connectivity index (χ2v) is 4.59. The van der Waals surface area contributed by atoms with Gasteiger partial charge in [-0.05, 0) is 44.7 Å². The van der Waals surface area contributed by atoms with Gasteiger partial charge in [-0.25, -0.2) is 0 Å². The summed E-state index contributed by atoms with van der Waals surface area (Å²) in [5.41, 5.74) is 5.46. The van der Waals surface area contributed by atoms with Gasteiger partial charge in [0.25, 0.3) is 0 Å². The highest BCUT2D eigenvalue weighted by Gasteiger charge is 2.23. The van der Waals surface area contributed by atoms with Crippen molar-refractivity contribution in [2.75, 3.05) is 26.2 Å². The molecule has 2 N–H and O–H groups in total. The monoisotopic (exact) mass is 208 g/mol. The van der Waals surface area contributed by atoms with Gasteiger partial charge >= 0.3 is 0 Å². The molecule has 0 amide bonds. The first-order chi connectivity index (χ1) is 7.36. The number of unbranched alkanes of at least 4 members (excludes halogenated alkanes) is 3. The fourth-order valence-electron chi connectivity index (χ4n) is 1.86. The molecule has 0 spiro atoms. The summed E-state index contributed by atoms with van der Waals surface area (Å²) in [5.74, 6) is 3.71. The molecule has 0 aromatic heterocycles. The highest BCUT2D eigenvalue weighted by molar-refractivity contribution is 4.90. The summed E-state index contributed by atoms with van der Waals surface area (Å²) in [4.78, 5) is 2.43. The van der Waals surface area contributed by atoms with E-state index in [1.807, 2.05) is 0 Å².